The van der Waals surface area contributed by atoms with E-state index in [1.807, 2.05) is 0 Å². The van der Waals surface area contributed by atoms with Gasteiger partial charge in [-0.15, -0.1) is 0 Å². The molecule has 0 bridgehead atoms. The molecule has 0 aliphatic carbocycles. The second-order valence-corrected chi connectivity index (χ2v) is 5.59. The molecule has 1 N–H and O–H groups in total. The lowest BCUT2D eigenvalue weighted by molar-refractivity contribution is -0.385. The van der Waals surface area contributed by atoms with E-state index in [1.165, 1.54) is 57.2 Å². The Balaban J connectivity index is 2.14. The Hall–Kier alpha value is -1.36. The van der Waals surface area contributed by atoms with Crippen LogP contribution in [0.2, 0.25) is 5.02 Å². The molecule has 0 aliphatic heterocycles. The van der Waals surface area contributed by atoms with Gasteiger partial charge in [-0.3, -0.25) is 10.1 Å². The molecule has 0 saturated heterocycles. The Labute approximate surface area is 131 Å². The number of nitrogens with zero attached hydrogens (tertiary/aromatic N) is 2. The monoisotopic (exact) mass is 313 g/mol. The first kappa shape index (κ1) is 17.7. The van der Waals surface area contributed by atoms with Gasteiger partial charge in [0.15, 0.2) is 0 Å². The highest BCUT2D eigenvalue weighted by molar-refractivity contribution is 6.33. The topological polar surface area (TPSA) is 68.1 Å². The maximum atomic E-state index is 10.6. The van der Waals surface area contributed by atoms with Crippen LogP contribution >= 0.6 is 11.6 Å². The molecule has 6 heteroatoms. The van der Waals surface area contributed by atoms with E-state index in [1.54, 1.807) is 0 Å². The molecular formula is C15H24ClN3O2. The third-order valence-electron chi connectivity index (χ3n) is 3.36. The van der Waals surface area contributed by atoms with E-state index < -0.39 is 4.92 Å². The van der Waals surface area contributed by atoms with Crippen molar-refractivity contribution in [2.45, 2.75) is 58.3 Å². The van der Waals surface area contributed by atoms with Crippen molar-refractivity contribution in [2.75, 3.05) is 11.9 Å². The molecular weight excluding hydrogens is 290 g/mol. The zero-order valence-corrected chi connectivity index (χ0v) is 13.4. The summed E-state index contributed by atoms with van der Waals surface area (Å²) < 4.78 is 0. The summed E-state index contributed by atoms with van der Waals surface area (Å²) in [5.74, 6) is 0.519. The molecule has 0 unspecified atom stereocenters. The molecule has 0 spiro atoms. The maximum absolute atomic E-state index is 10.6. The summed E-state index contributed by atoms with van der Waals surface area (Å²) in [5, 5.41) is 14.0. The fourth-order valence-corrected chi connectivity index (χ4v) is 2.35. The smallest absolute Gasteiger partial charge is 0.289 e. The SMILES string of the molecule is CCCCCCCCCCNc1ncc([N+](=O)[O-])cc1Cl. The molecule has 0 aliphatic rings. The Morgan fingerprint density at radius 2 is 1.81 bits per heavy atom. The first-order valence-electron chi connectivity index (χ1n) is 7.69. The van der Waals surface area contributed by atoms with Crippen LogP contribution < -0.4 is 5.32 Å². The molecule has 0 aromatic carbocycles. The minimum atomic E-state index is -0.499. The van der Waals surface area contributed by atoms with Crippen molar-refractivity contribution in [1.29, 1.82) is 0 Å². The second kappa shape index (κ2) is 10.4. The summed E-state index contributed by atoms with van der Waals surface area (Å²) in [5.41, 5.74) is -0.0855. The molecule has 0 radical (unpaired) electrons. The molecule has 1 rings (SSSR count). The van der Waals surface area contributed by atoms with Crippen molar-refractivity contribution in [3.63, 3.8) is 0 Å². The fourth-order valence-electron chi connectivity index (χ4n) is 2.12. The second-order valence-electron chi connectivity index (χ2n) is 5.18. The lowest BCUT2D eigenvalue weighted by atomic mass is 10.1. The average molecular weight is 314 g/mol. The van der Waals surface area contributed by atoms with Gasteiger partial charge in [0, 0.05) is 12.6 Å². The number of hydrogen-bond acceptors (Lipinski definition) is 4. The third-order valence-corrected chi connectivity index (χ3v) is 3.65. The van der Waals surface area contributed by atoms with Crippen molar-refractivity contribution < 1.29 is 4.92 Å². The van der Waals surface area contributed by atoms with Gasteiger partial charge < -0.3 is 5.32 Å². The van der Waals surface area contributed by atoms with Crippen LogP contribution in [0.4, 0.5) is 11.5 Å². The van der Waals surface area contributed by atoms with Crippen molar-refractivity contribution in [2.24, 2.45) is 0 Å². The van der Waals surface area contributed by atoms with Gasteiger partial charge in [0.05, 0.1) is 9.95 Å². The zero-order valence-electron chi connectivity index (χ0n) is 12.6. The molecule has 1 aromatic rings. The van der Waals surface area contributed by atoms with Gasteiger partial charge in [0.1, 0.15) is 12.0 Å². The van der Waals surface area contributed by atoms with Crippen LogP contribution in [0.5, 0.6) is 0 Å². The normalized spacial score (nSPS) is 10.6. The number of pyridine rings is 1. The minimum Gasteiger partial charge on any atom is -0.369 e. The summed E-state index contributed by atoms with van der Waals surface area (Å²) in [6.07, 6.45) is 11.3. The van der Waals surface area contributed by atoms with Crippen molar-refractivity contribution in [3.05, 3.63) is 27.4 Å². The molecule has 0 saturated carbocycles. The van der Waals surface area contributed by atoms with Gasteiger partial charge in [-0.25, -0.2) is 4.98 Å². The van der Waals surface area contributed by atoms with E-state index in [9.17, 15) is 10.1 Å². The number of hydrogen-bond donors (Lipinski definition) is 1. The highest BCUT2D eigenvalue weighted by atomic mass is 35.5. The molecule has 0 fully saturated rings. The van der Waals surface area contributed by atoms with Gasteiger partial charge in [-0.05, 0) is 6.42 Å². The molecule has 5 nitrogen and oxygen atoms in total. The van der Waals surface area contributed by atoms with Crippen LogP contribution in [0.1, 0.15) is 58.3 Å². The van der Waals surface area contributed by atoms with Crippen LogP contribution in [-0.2, 0) is 0 Å². The van der Waals surface area contributed by atoms with Crippen molar-refractivity contribution in [3.8, 4) is 0 Å². The molecule has 0 atom stereocenters. The van der Waals surface area contributed by atoms with Crippen LogP contribution in [-0.4, -0.2) is 16.5 Å². The van der Waals surface area contributed by atoms with Gasteiger partial charge in [-0.2, -0.15) is 0 Å². The predicted molar refractivity (Wildman–Crippen MR) is 87.0 cm³/mol. The highest BCUT2D eigenvalue weighted by Gasteiger charge is 2.10. The quantitative estimate of drug-likeness (QED) is 0.346. The Kier molecular flexibility index (Phi) is 8.74. The van der Waals surface area contributed by atoms with Crippen LogP contribution in [0, 0.1) is 10.1 Å². The largest absolute Gasteiger partial charge is 0.369 e. The van der Waals surface area contributed by atoms with Gasteiger partial charge in [0.2, 0.25) is 0 Å². The molecule has 118 valence electrons. The zero-order chi connectivity index (χ0) is 15.5. The van der Waals surface area contributed by atoms with Gasteiger partial charge >= 0.3 is 0 Å². The first-order chi connectivity index (χ1) is 10.1. The summed E-state index contributed by atoms with van der Waals surface area (Å²) in [6, 6.07) is 1.32. The summed E-state index contributed by atoms with van der Waals surface area (Å²) in [6.45, 7) is 3.02. The third kappa shape index (κ3) is 7.27. The lowest BCUT2D eigenvalue weighted by Gasteiger charge is -2.07. The number of nitrogens with one attached hydrogen (secondary N) is 1. The van der Waals surface area contributed by atoms with Gasteiger partial charge in [0.25, 0.3) is 5.69 Å². The molecule has 1 heterocycles. The van der Waals surface area contributed by atoms with E-state index >= 15 is 0 Å². The number of unbranched alkanes of at least 4 members (excludes halogenated alkanes) is 7. The van der Waals surface area contributed by atoms with E-state index in [0.717, 1.165) is 13.0 Å². The average Bonchev–Trinajstić information content (AvgIpc) is 2.46. The standard InChI is InChI=1S/C15H24ClN3O2/c1-2-3-4-5-6-7-8-9-10-17-15-14(16)11-13(12-18-15)19(20)21/h11-12H,2-10H2,1H3,(H,17,18). The predicted octanol–water partition coefficient (Wildman–Crippen LogP) is 5.20. The molecule has 1 aromatic heterocycles. The molecule has 21 heavy (non-hydrogen) atoms. The maximum Gasteiger partial charge on any atom is 0.289 e. The summed E-state index contributed by atoms with van der Waals surface area (Å²) in [4.78, 5) is 14.1. The lowest BCUT2D eigenvalue weighted by Crippen LogP contribution is -2.04. The van der Waals surface area contributed by atoms with Gasteiger partial charge in [-0.1, -0.05) is 63.5 Å². The Morgan fingerprint density at radius 1 is 1.19 bits per heavy atom. The van der Waals surface area contributed by atoms with Crippen LogP contribution in [0.25, 0.3) is 0 Å². The van der Waals surface area contributed by atoms with Crippen molar-refractivity contribution in [1.82, 2.24) is 4.98 Å². The Morgan fingerprint density at radius 3 is 2.38 bits per heavy atom. The van der Waals surface area contributed by atoms with E-state index in [4.69, 9.17) is 11.6 Å². The minimum absolute atomic E-state index is 0.0855. The molecule has 0 amide bonds. The van der Waals surface area contributed by atoms with Crippen molar-refractivity contribution >= 4 is 23.1 Å². The first-order valence-corrected chi connectivity index (χ1v) is 8.06. The number of aromatic nitrogens is 1. The number of anilines is 1. The van der Waals surface area contributed by atoms with E-state index in [0.29, 0.717) is 10.8 Å². The summed E-state index contributed by atoms with van der Waals surface area (Å²) in [7, 11) is 0. The fraction of sp³-hybridized carbons (Fsp3) is 0.667. The highest BCUT2D eigenvalue weighted by Crippen LogP contribution is 2.23. The van der Waals surface area contributed by atoms with Crippen LogP contribution in [0.15, 0.2) is 12.3 Å². The number of rotatable bonds is 11. The van der Waals surface area contributed by atoms with Crippen LogP contribution in [0.3, 0.4) is 0 Å². The van der Waals surface area contributed by atoms with E-state index in [-0.39, 0.29) is 5.69 Å². The van der Waals surface area contributed by atoms with E-state index in [2.05, 4.69) is 17.2 Å². The summed E-state index contributed by atoms with van der Waals surface area (Å²) >= 11 is 5.96. The number of nitro groups is 1. The Bertz CT molecular complexity index is 441. The number of halogens is 1.